The molecule has 29 heavy (non-hydrogen) atoms. The number of anilines is 2. The molecule has 1 amide bonds. The molecule has 2 aromatic rings. The fourth-order valence-electron chi connectivity index (χ4n) is 3.50. The lowest BCUT2D eigenvalue weighted by molar-refractivity contribution is -0.384. The Labute approximate surface area is 170 Å². The van der Waals surface area contributed by atoms with Crippen LogP contribution in [0.5, 0.6) is 0 Å². The normalized spacial score (nSPS) is 14.5. The van der Waals surface area contributed by atoms with Gasteiger partial charge in [-0.2, -0.15) is 0 Å². The van der Waals surface area contributed by atoms with Gasteiger partial charge in [0, 0.05) is 76.9 Å². The first kappa shape index (κ1) is 20.6. The topological polar surface area (TPSA) is 82.0 Å². The van der Waals surface area contributed by atoms with Gasteiger partial charge in [0.15, 0.2) is 0 Å². The largest absolute Gasteiger partial charge is 0.377 e. The second-order valence-electron chi connectivity index (χ2n) is 7.27. The van der Waals surface area contributed by atoms with Crippen LogP contribution in [0.25, 0.3) is 0 Å². The number of nitro benzene ring substituents is 1. The van der Waals surface area contributed by atoms with E-state index in [-0.39, 0.29) is 11.6 Å². The summed E-state index contributed by atoms with van der Waals surface area (Å²) in [4.78, 5) is 29.7. The second-order valence-corrected chi connectivity index (χ2v) is 7.27. The molecule has 0 spiro atoms. The van der Waals surface area contributed by atoms with Crippen molar-refractivity contribution in [2.24, 2.45) is 0 Å². The minimum atomic E-state index is -0.484. The fourth-order valence-corrected chi connectivity index (χ4v) is 3.50. The number of piperazine rings is 1. The number of nitrogens with zero attached hydrogens (tertiary/aromatic N) is 4. The zero-order chi connectivity index (χ0) is 20.8. The third-order valence-electron chi connectivity index (χ3n) is 5.12. The molecule has 8 heteroatoms. The van der Waals surface area contributed by atoms with Crippen molar-refractivity contribution in [1.82, 2.24) is 10.2 Å². The molecule has 1 fully saturated rings. The summed E-state index contributed by atoms with van der Waals surface area (Å²) in [5, 5.41) is 14.0. The zero-order valence-electron chi connectivity index (χ0n) is 16.9. The third-order valence-corrected chi connectivity index (χ3v) is 5.12. The van der Waals surface area contributed by atoms with E-state index in [0.717, 1.165) is 32.7 Å². The van der Waals surface area contributed by atoms with Crippen LogP contribution >= 0.6 is 0 Å². The van der Waals surface area contributed by atoms with Crippen LogP contribution in [0.3, 0.4) is 0 Å². The molecule has 0 saturated carbocycles. The fraction of sp³-hybridized carbons (Fsp3) is 0.381. The SMILES string of the molecule is CN(C)c1ccc([N+](=O)[O-])cc1C(=O)NCCN1CCN(c2ccccc2)CC1. The molecule has 1 aliphatic heterocycles. The van der Waals surface area contributed by atoms with Crippen molar-refractivity contribution >= 4 is 23.0 Å². The van der Waals surface area contributed by atoms with Crippen molar-refractivity contribution in [3.63, 3.8) is 0 Å². The van der Waals surface area contributed by atoms with Crippen molar-refractivity contribution in [1.29, 1.82) is 0 Å². The molecule has 0 atom stereocenters. The molecule has 0 aliphatic carbocycles. The highest BCUT2D eigenvalue weighted by Gasteiger charge is 2.19. The van der Waals surface area contributed by atoms with Gasteiger partial charge in [0.2, 0.25) is 0 Å². The molecule has 0 bridgehead atoms. The number of carbonyl (C=O) groups is 1. The van der Waals surface area contributed by atoms with Gasteiger partial charge in [0.1, 0.15) is 0 Å². The monoisotopic (exact) mass is 397 g/mol. The molecule has 1 heterocycles. The number of rotatable bonds is 7. The van der Waals surface area contributed by atoms with Gasteiger partial charge in [-0.1, -0.05) is 18.2 Å². The summed E-state index contributed by atoms with van der Waals surface area (Å²) in [5.74, 6) is -0.291. The molecule has 3 rings (SSSR count). The van der Waals surface area contributed by atoms with E-state index >= 15 is 0 Å². The Hall–Kier alpha value is -3.13. The lowest BCUT2D eigenvalue weighted by Gasteiger charge is -2.36. The Morgan fingerprint density at radius 3 is 2.41 bits per heavy atom. The van der Waals surface area contributed by atoms with E-state index in [1.165, 1.54) is 17.8 Å². The molecular formula is C21H27N5O3. The summed E-state index contributed by atoms with van der Waals surface area (Å²) >= 11 is 0. The van der Waals surface area contributed by atoms with Crippen LogP contribution in [0, 0.1) is 10.1 Å². The van der Waals surface area contributed by atoms with Crippen LogP contribution in [-0.2, 0) is 0 Å². The first-order valence-electron chi connectivity index (χ1n) is 9.72. The lowest BCUT2D eigenvalue weighted by atomic mass is 10.1. The minimum absolute atomic E-state index is 0.0854. The average molecular weight is 397 g/mol. The van der Waals surface area contributed by atoms with Crippen LogP contribution in [0.4, 0.5) is 17.1 Å². The van der Waals surface area contributed by atoms with E-state index in [2.05, 4.69) is 27.2 Å². The Kier molecular flexibility index (Phi) is 6.66. The molecule has 0 aromatic heterocycles. The molecule has 154 valence electrons. The first-order chi connectivity index (χ1) is 14.0. The predicted octanol–water partition coefficient (Wildman–Crippen LogP) is 2.21. The molecule has 1 saturated heterocycles. The highest BCUT2D eigenvalue weighted by molar-refractivity contribution is 6.00. The van der Waals surface area contributed by atoms with Crippen LogP contribution in [0.1, 0.15) is 10.4 Å². The Morgan fingerprint density at radius 2 is 1.79 bits per heavy atom. The number of hydrogen-bond acceptors (Lipinski definition) is 6. The number of nitrogens with one attached hydrogen (secondary N) is 1. The number of benzene rings is 2. The second kappa shape index (κ2) is 9.38. The third kappa shape index (κ3) is 5.23. The molecule has 0 unspecified atom stereocenters. The number of carbonyl (C=O) groups excluding carboxylic acids is 1. The van der Waals surface area contributed by atoms with Gasteiger partial charge < -0.3 is 15.1 Å². The summed E-state index contributed by atoms with van der Waals surface area (Å²) in [5.41, 5.74) is 2.13. The maximum Gasteiger partial charge on any atom is 0.270 e. The van der Waals surface area contributed by atoms with E-state index in [9.17, 15) is 14.9 Å². The van der Waals surface area contributed by atoms with Gasteiger partial charge >= 0.3 is 0 Å². The van der Waals surface area contributed by atoms with Crippen molar-refractivity contribution in [3.05, 3.63) is 64.2 Å². The van der Waals surface area contributed by atoms with Crippen molar-refractivity contribution in [3.8, 4) is 0 Å². The van der Waals surface area contributed by atoms with E-state index in [4.69, 9.17) is 0 Å². The molecule has 8 nitrogen and oxygen atoms in total. The van der Waals surface area contributed by atoms with Gasteiger partial charge in [0.25, 0.3) is 11.6 Å². The van der Waals surface area contributed by atoms with E-state index in [1.807, 2.05) is 32.3 Å². The van der Waals surface area contributed by atoms with Crippen LogP contribution in [-0.4, -0.2) is 69.1 Å². The standard InChI is InChI=1S/C21H27N5O3/c1-23(2)20-9-8-18(26(28)29)16-19(20)21(27)22-10-11-24-12-14-25(15-13-24)17-6-4-3-5-7-17/h3-9,16H,10-15H2,1-2H3,(H,22,27). The highest BCUT2D eigenvalue weighted by atomic mass is 16.6. The van der Waals surface area contributed by atoms with Crippen LogP contribution in [0.2, 0.25) is 0 Å². The number of hydrogen-bond donors (Lipinski definition) is 1. The molecule has 0 radical (unpaired) electrons. The van der Waals surface area contributed by atoms with Gasteiger partial charge in [-0.3, -0.25) is 19.8 Å². The van der Waals surface area contributed by atoms with Crippen LogP contribution in [0.15, 0.2) is 48.5 Å². The maximum atomic E-state index is 12.6. The molecule has 1 N–H and O–H groups in total. The lowest BCUT2D eigenvalue weighted by Crippen LogP contribution is -2.48. The number of nitro groups is 1. The highest BCUT2D eigenvalue weighted by Crippen LogP contribution is 2.24. The average Bonchev–Trinajstić information content (AvgIpc) is 2.74. The summed E-state index contributed by atoms with van der Waals surface area (Å²) in [7, 11) is 3.62. The Bertz CT molecular complexity index is 849. The van der Waals surface area contributed by atoms with Crippen molar-refractivity contribution < 1.29 is 9.72 Å². The predicted molar refractivity (Wildman–Crippen MR) is 115 cm³/mol. The van der Waals surface area contributed by atoms with Crippen molar-refractivity contribution in [2.45, 2.75) is 0 Å². The summed E-state index contributed by atoms with van der Waals surface area (Å²) in [6.45, 7) is 5.02. The van der Waals surface area contributed by atoms with Gasteiger partial charge in [-0.25, -0.2) is 0 Å². The van der Waals surface area contributed by atoms with Gasteiger partial charge in [-0.05, 0) is 18.2 Å². The zero-order valence-corrected chi connectivity index (χ0v) is 16.9. The van der Waals surface area contributed by atoms with Gasteiger partial charge in [0.05, 0.1) is 10.5 Å². The minimum Gasteiger partial charge on any atom is -0.377 e. The van der Waals surface area contributed by atoms with Crippen molar-refractivity contribution in [2.75, 3.05) is 63.2 Å². The molecule has 1 aliphatic rings. The van der Waals surface area contributed by atoms with Gasteiger partial charge in [-0.15, -0.1) is 0 Å². The first-order valence-corrected chi connectivity index (χ1v) is 9.72. The summed E-state index contributed by atoms with van der Waals surface area (Å²) in [6.07, 6.45) is 0. The Morgan fingerprint density at radius 1 is 1.10 bits per heavy atom. The summed E-state index contributed by atoms with van der Waals surface area (Å²) < 4.78 is 0. The summed E-state index contributed by atoms with van der Waals surface area (Å²) in [6, 6.07) is 14.7. The quantitative estimate of drug-likeness (QED) is 0.570. The number of non-ortho nitro benzene ring substituents is 1. The molecular weight excluding hydrogens is 370 g/mol. The van der Waals surface area contributed by atoms with E-state index < -0.39 is 4.92 Å². The maximum absolute atomic E-state index is 12.6. The Balaban J connectivity index is 1.52. The van der Waals surface area contributed by atoms with E-state index in [0.29, 0.717) is 17.8 Å². The molecule has 2 aromatic carbocycles. The smallest absolute Gasteiger partial charge is 0.270 e. The number of amides is 1. The van der Waals surface area contributed by atoms with Crippen LogP contribution < -0.4 is 15.1 Å². The number of para-hydroxylation sites is 1. The van der Waals surface area contributed by atoms with E-state index in [1.54, 1.807) is 11.0 Å².